The Hall–Kier alpha value is -2.76. The molecule has 0 aliphatic carbocycles. The molecule has 0 atom stereocenters. The molecule has 2 aromatic carbocycles. The van der Waals surface area contributed by atoms with Crippen LogP contribution in [0.3, 0.4) is 0 Å². The van der Waals surface area contributed by atoms with E-state index in [1.165, 1.54) is 11.4 Å². The Morgan fingerprint density at radius 2 is 1.74 bits per heavy atom. The van der Waals surface area contributed by atoms with E-state index < -0.39 is 0 Å². The highest BCUT2D eigenvalue weighted by Gasteiger charge is 2.21. The largest absolute Gasteiger partial charge is 0.367 e. The van der Waals surface area contributed by atoms with Crippen LogP contribution in [0.15, 0.2) is 60.9 Å². The fourth-order valence-corrected chi connectivity index (χ4v) is 4.66. The average Bonchev–Trinajstić information content (AvgIpc) is 3.12. The summed E-state index contributed by atoms with van der Waals surface area (Å²) < 4.78 is 2.21. The standard InChI is InChI=1S/C24H23Cl2N5/c1-17-28-24-22(30-12-10-29(11-13-30)20-4-3-9-27-15-20)5-2-6-23(24)31(17)16-18-14-19(25)7-8-21(18)26/h2-9,14-15H,10-13,16H2,1H3. The summed E-state index contributed by atoms with van der Waals surface area (Å²) in [6, 6.07) is 16.1. The van der Waals surface area contributed by atoms with Crippen molar-refractivity contribution < 1.29 is 0 Å². The zero-order valence-corrected chi connectivity index (χ0v) is 18.8. The minimum atomic E-state index is 0.639. The molecule has 0 amide bonds. The molecule has 4 aromatic rings. The number of fused-ring (bicyclic) bond motifs is 1. The second kappa shape index (κ2) is 8.40. The Morgan fingerprint density at radius 3 is 2.52 bits per heavy atom. The van der Waals surface area contributed by atoms with Crippen LogP contribution < -0.4 is 9.80 Å². The van der Waals surface area contributed by atoms with Crippen LogP contribution in [-0.2, 0) is 6.54 Å². The van der Waals surface area contributed by atoms with Gasteiger partial charge in [0.25, 0.3) is 0 Å². The minimum absolute atomic E-state index is 0.639. The zero-order valence-electron chi connectivity index (χ0n) is 17.3. The lowest BCUT2D eigenvalue weighted by molar-refractivity contribution is 0.654. The van der Waals surface area contributed by atoms with Gasteiger partial charge in [0.1, 0.15) is 11.3 Å². The molecule has 1 aliphatic heterocycles. The van der Waals surface area contributed by atoms with Crippen molar-refractivity contribution in [3.63, 3.8) is 0 Å². The quantitative estimate of drug-likeness (QED) is 0.414. The van der Waals surface area contributed by atoms with Gasteiger partial charge in [0.15, 0.2) is 0 Å². The third kappa shape index (κ3) is 3.95. The number of piperazine rings is 1. The number of hydrogen-bond acceptors (Lipinski definition) is 4. The van der Waals surface area contributed by atoms with Gasteiger partial charge in [0.05, 0.1) is 29.6 Å². The van der Waals surface area contributed by atoms with Crippen LogP contribution in [-0.4, -0.2) is 40.7 Å². The van der Waals surface area contributed by atoms with E-state index in [9.17, 15) is 0 Å². The van der Waals surface area contributed by atoms with Gasteiger partial charge in [-0.15, -0.1) is 0 Å². The van der Waals surface area contributed by atoms with E-state index in [1.807, 2.05) is 43.6 Å². The highest BCUT2D eigenvalue weighted by atomic mass is 35.5. The number of aryl methyl sites for hydroxylation is 1. The third-order valence-corrected chi connectivity index (χ3v) is 6.52. The first-order valence-electron chi connectivity index (χ1n) is 10.4. The Bertz CT molecular complexity index is 1210. The number of imidazole rings is 1. The molecule has 5 nitrogen and oxygen atoms in total. The maximum Gasteiger partial charge on any atom is 0.112 e. The molecule has 3 heterocycles. The number of anilines is 2. The second-order valence-electron chi connectivity index (χ2n) is 7.81. The predicted octanol–water partition coefficient (Wildman–Crippen LogP) is 5.42. The van der Waals surface area contributed by atoms with E-state index in [0.717, 1.165) is 48.6 Å². The molecule has 0 saturated carbocycles. The number of para-hydroxylation sites is 1. The van der Waals surface area contributed by atoms with Gasteiger partial charge in [0, 0.05) is 42.4 Å². The Balaban J connectivity index is 1.42. The van der Waals surface area contributed by atoms with Gasteiger partial charge in [0.2, 0.25) is 0 Å². The van der Waals surface area contributed by atoms with Crippen LogP contribution in [0.25, 0.3) is 11.0 Å². The molecule has 0 spiro atoms. The smallest absolute Gasteiger partial charge is 0.112 e. The van der Waals surface area contributed by atoms with E-state index in [2.05, 4.69) is 43.6 Å². The van der Waals surface area contributed by atoms with Crippen LogP contribution in [0, 0.1) is 6.92 Å². The highest BCUT2D eigenvalue weighted by Crippen LogP contribution is 2.30. The van der Waals surface area contributed by atoms with E-state index in [4.69, 9.17) is 28.2 Å². The highest BCUT2D eigenvalue weighted by molar-refractivity contribution is 6.33. The molecule has 1 aliphatic rings. The van der Waals surface area contributed by atoms with Crippen LogP contribution in [0.4, 0.5) is 11.4 Å². The number of nitrogens with zero attached hydrogens (tertiary/aromatic N) is 5. The van der Waals surface area contributed by atoms with Crippen molar-refractivity contribution in [2.45, 2.75) is 13.5 Å². The maximum absolute atomic E-state index is 6.42. The molecule has 0 N–H and O–H groups in total. The van der Waals surface area contributed by atoms with Gasteiger partial charge in [-0.05, 0) is 55.0 Å². The number of aromatic nitrogens is 3. The van der Waals surface area contributed by atoms with Crippen LogP contribution in [0.1, 0.15) is 11.4 Å². The van der Waals surface area contributed by atoms with Crippen LogP contribution in [0.2, 0.25) is 10.0 Å². The number of benzene rings is 2. The fraction of sp³-hybridized carbons (Fsp3) is 0.250. The molecule has 1 saturated heterocycles. The Labute approximate surface area is 191 Å². The van der Waals surface area contributed by atoms with Crippen LogP contribution >= 0.6 is 23.2 Å². The molecular weight excluding hydrogens is 429 g/mol. The van der Waals surface area contributed by atoms with Gasteiger partial charge in [-0.25, -0.2) is 4.98 Å². The van der Waals surface area contributed by atoms with E-state index >= 15 is 0 Å². The molecule has 158 valence electrons. The lowest BCUT2D eigenvalue weighted by Crippen LogP contribution is -2.46. The van der Waals surface area contributed by atoms with Crippen molar-refractivity contribution in [1.29, 1.82) is 0 Å². The van der Waals surface area contributed by atoms with E-state index in [-0.39, 0.29) is 0 Å². The maximum atomic E-state index is 6.42. The van der Waals surface area contributed by atoms with Crippen LogP contribution in [0.5, 0.6) is 0 Å². The fourth-order valence-electron chi connectivity index (χ4n) is 4.28. The number of rotatable bonds is 4. The number of hydrogen-bond donors (Lipinski definition) is 0. The van der Waals surface area contributed by atoms with Gasteiger partial charge < -0.3 is 14.4 Å². The van der Waals surface area contributed by atoms with E-state index in [1.54, 1.807) is 0 Å². The lowest BCUT2D eigenvalue weighted by atomic mass is 10.2. The predicted molar refractivity (Wildman–Crippen MR) is 129 cm³/mol. The summed E-state index contributed by atoms with van der Waals surface area (Å²) in [6.45, 7) is 6.49. The molecule has 31 heavy (non-hydrogen) atoms. The lowest BCUT2D eigenvalue weighted by Gasteiger charge is -2.37. The van der Waals surface area contributed by atoms with Crippen molar-refractivity contribution in [2.75, 3.05) is 36.0 Å². The van der Waals surface area contributed by atoms with Gasteiger partial charge in [-0.3, -0.25) is 4.98 Å². The average molecular weight is 452 g/mol. The molecule has 0 bridgehead atoms. The molecule has 0 radical (unpaired) electrons. The molecule has 1 fully saturated rings. The molecule has 0 unspecified atom stereocenters. The summed E-state index contributed by atoms with van der Waals surface area (Å²) in [5.41, 5.74) is 5.50. The normalized spacial score (nSPS) is 14.4. The van der Waals surface area contributed by atoms with Crippen molar-refractivity contribution in [2.24, 2.45) is 0 Å². The van der Waals surface area contributed by atoms with Crippen molar-refractivity contribution >= 4 is 45.6 Å². The topological polar surface area (TPSA) is 37.2 Å². The number of pyridine rings is 1. The Kier molecular flexibility index (Phi) is 5.47. The summed E-state index contributed by atoms with van der Waals surface area (Å²) in [4.78, 5) is 14.0. The van der Waals surface area contributed by atoms with Crippen molar-refractivity contribution in [3.8, 4) is 0 Å². The SMILES string of the molecule is Cc1nc2c(N3CCN(c4cccnc4)CC3)cccc2n1Cc1cc(Cl)ccc1Cl. The van der Waals surface area contributed by atoms with Crippen molar-refractivity contribution in [1.82, 2.24) is 14.5 Å². The summed E-state index contributed by atoms with van der Waals surface area (Å²) >= 11 is 12.6. The first-order chi connectivity index (χ1) is 15.1. The zero-order chi connectivity index (χ0) is 21.4. The summed E-state index contributed by atoms with van der Waals surface area (Å²) in [6.07, 6.45) is 3.75. The van der Waals surface area contributed by atoms with Gasteiger partial charge in [-0.1, -0.05) is 29.3 Å². The third-order valence-electron chi connectivity index (χ3n) is 5.92. The minimum Gasteiger partial charge on any atom is -0.367 e. The molecule has 5 rings (SSSR count). The monoisotopic (exact) mass is 451 g/mol. The summed E-state index contributed by atoms with van der Waals surface area (Å²) in [7, 11) is 0. The van der Waals surface area contributed by atoms with Gasteiger partial charge in [-0.2, -0.15) is 0 Å². The first-order valence-corrected chi connectivity index (χ1v) is 11.2. The molecule has 2 aromatic heterocycles. The molecular formula is C24H23Cl2N5. The Morgan fingerprint density at radius 1 is 0.935 bits per heavy atom. The van der Waals surface area contributed by atoms with E-state index in [0.29, 0.717) is 16.6 Å². The van der Waals surface area contributed by atoms with Crippen molar-refractivity contribution in [3.05, 3.63) is 82.4 Å². The summed E-state index contributed by atoms with van der Waals surface area (Å²) in [5.74, 6) is 0.965. The number of halogens is 2. The second-order valence-corrected chi connectivity index (χ2v) is 8.65. The molecule has 7 heteroatoms. The summed E-state index contributed by atoms with van der Waals surface area (Å²) in [5, 5.41) is 1.40. The first kappa shape index (κ1) is 20.2. The van der Waals surface area contributed by atoms with Gasteiger partial charge >= 0.3 is 0 Å².